The van der Waals surface area contributed by atoms with E-state index in [1.165, 1.54) is 30.3 Å². The largest absolute Gasteiger partial charge is 0.508 e. The van der Waals surface area contributed by atoms with Crippen LogP contribution in [0.2, 0.25) is 0 Å². The van der Waals surface area contributed by atoms with Crippen molar-refractivity contribution in [2.45, 2.75) is 43.1 Å². The summed E-state index contributed by atoms with van der Waals surface area (Å²) in [5.74, 6) is -3.37. The highest BCUT2D eigenvalue weighted by Crippen LogP contribution is 2.45. The Labute approximate surface area is 210 Å². The Morgan fingerprint density at radius 3 is 2.30 bits per heavy atom. The number of fused-ring (bicyclic) bond motifs is 1. The second-order valence-electron chi connectivity index (χ2n) is 8.81. The molecule has 4 rings (SSSR count). The predicted octanol–water partition coefficient (Wildman–Crippen LogP) is -1.69. The van der Waals surface area contributed by atoms with Crippen molar-refractivity contribution in [3.8, 4) is 5.75 Å². The lowest BCUT2D eigenvalue weighted by Gasteiger charge is -2.43. The minimum Gasteiger partial charge on any atom is -0.508 e. The normalized spacial score (nSPS) is 35.0. The highest BCUT2D eigenvalue weighted by molar-refractivity contribution is 5.90. The lowest BCUT2D eigenvalue weighted by Crippen LogP contribution is -2.60. The van der Waals surface area contributed by atoms with Crippen LogP contribution >= 0.6 is 0 Å². The molecule has 0 radical (unpaired) electrons. The van der Waals surface area contributed by atoms with Gasteiger partial charge in [-0.15, -0.1) is 0 Å². The van der Waals surface area contributed by atoms with Crippen molar-refractivity contribution in [2.75, 3.05) is 20.3 Å². The summed E-state index contributed by atoms with van der Waals surface area (Å²) in [7, 11) is 1.16. The van der Waals surface area contributed by atoms with Gasteiger partial charge in [-0.3, -0.25) is 0 Å². The van der Waals surface area contributed by atoms with E-state index in [1.54, 1.807) is 0 Å². The summed E-state index contributed by atoms with van der Waals surface area (Å²) < 4.78 is 26.9. The monoisotopic (exact) mass is 524 g/mol. The van der Waals surface area contributed by atoms with Crippen molar-refractivity contribution in [3.05, 3.63) is 53.3 Å². The highest BCUT2D eigenvalue weighted by atomic mass is 16.8. The first-order valence-electron chi connectivity index (χ1n) is 11.4. The number of aliphatic hydroxyl groups excluding tert-OH is 5. The summed E-state index contributed by atoms with van der Waals surface area (Å²) in [5, 5.41) is 60.1. The molecule has 6 N–H and O–H groups in total. The molecule has 37 heavy (non-hydrogen) atoms. The van der Waals surface area contributed by atoms with Gasteiger partial charge in [0.1, 0.15) is 36.8 Å². The molecule has 202 valence electrons. The van der Waals surface area contributed by atoms with Gasteiger partial charge in [0.25, 0.3) is 0 Å². The number of aromatic hydroxyl groups is 1. The van der Waals surface area contributed by atoms with Gasteiger partial charge in [0.05, 0.1) is 43.1 Å². The van der Waals surface area contributed by atoms with Crippen LogP contribution in [0, 0.1) is 11.8 Å². The molecule has 0 aromatic heterocycles. The minimum absolute atomic E-state index is 0.00948. The van der Waals surface area contributed by atoms with Crippen LogP contribution in [0.3, 0.4) is 0 Å². The van der Waals surface area contributed by atoms with Crippen molar-refractivity contribution in [1.29, 1.82) is 0 Å². The van der Waals surface area contributed by atoms with E-state index < -0.39 is 73.5 Å². The number of phenolic OH excluding ortho intramolecular Hbond substituents is 1. The average Bonchev–Trinajstić information content (AvgIpc) is 3.24. The first kappa shape index (κ1) is 27.0. The molecule has 1 saturated heterocycles. The predicted molar refractivity (Wildman–Crippen MR) is 119 cm³/mol. The van der Waals surface area contributed by atoms with Gasteiger partial charge in [-0.2, -0.15) is 0 Å². The van der Waals surface area contributed by atoms with E-state index in [9.17, 15) is 40.2 Å². The van der Waals surface area contributed by atoms with E-state index in [1.807, 2.05) is 0 Å². The van der Waals surface area contributed by atoms with Gasteiger partial charge in [0, 0.05) is 5.92 Å². The van der Waals surface area contributed by atoms with E-state index in [0.29, 0.717) is 5.57 Å². The first-order valence-corrected chi connectivity index (χ1v) is 11.4. The molecule has 3 aliphatic rings. The third-order valence-electron chi connectivity index (χ3n) is 6.56. The fourth-order valence-corrected chi connectivity index (χ4v) is 4.61. The summed E-state index contributed by atoms with van der Waals surface area (Å²) in [6.07, 6.45) is -7.93. The Morgan fingerprint density at radius 2 is 1.65 bits per heavy atom. The number of ether oxygens (including phenoxy) is 5. The molecule has 9 atom stereocenters. The van der Waals surface area contributed by atoms with Crippen molar-refractivity contribution in [2.24, 2.45) is 11.8 Å². The number of aliphatic hydroxyl groups is 5. The molecule has 1 aromatic rings. The molecule has 0 bridgehead atoms. The molecule has 1 aliphatic carbocycles. The number of hydrogen-bond donors (Lipinski definition) is 6. The van der Waals surface area contributed by atoms with Crippen LogP contribution in [0.15, 0.2) is 47.7 Å². The Bertz CT molecular complexity index is 1050. The quantitative estimate of drug-likeness (QED) is 0.174. The maximum atomic E-state index is 12.5. The van der Waals surface area contributed by atoms with Gasteiger partial charge < -0.3 is 54.3 Å². The summed E-state index contributed by atoms with van der Waals surface area (Å²) in [5.41, 5.74) is 0.483. The number of rotatable bonds is 7. The standard InChI is InChI=1S/C24H28O13/c1-33-22(32)13-9-35-23(37-24-20(30)19(29)18(28)15(7-25)36-24)16-11(6-14(27)17(13)16)8-34-21(31)10-2-4-12(26)5-3-10/h2-6,9,14-20,23-30H,7-8H2,1H3/t14-,15+,16+,17-,18+,19-,20+,23-,24-/m0/s1. The summed E-state index contributed by atoms with van der Waals surface area (Å²) >= 11 is 0. The summed E-state index contributed by atoms with van der Waals surface area (Å²) in [4.78, 5) is 24.8. The minimum atomic E-state index is -1.73. The third-order valence-corrected chi connectivity index (χ3v) is 6.56. The number of phenols is 1. The van der Waals surface area contributed by atoms with Crippen molar-refractivity contribution in [3.63, 3.8) is 0 Å². The number of carbonyl (C=O) groups is 2. The molecule has 2 aliphatic heterocycles. The van der Waals surface area contributed by atoms with Gasteiger partial charge in [0.2, 0.25) is 6.29 Å². The van der Waals surface area contributed by atoms with E-state index in [2.05, 4.69) is 0 Å². The van der Waals surface area contributed by atoms with E-state index >= 15 is 0 Å². The number of benzene rings is 1. The van der Waals surface area contributed by atoms with E-state index in [-0.39, 0.29) is 23.5 Å². The lowest BCUT2D eigenvalue weighted by molar-refractivity contribution is -0.340. The molecular formula is C24H28O13. The zero-order valence-electron chi connectivity index (χ0n) is 19.6. The van der Waals surface area contributed by atoms with Crippen molar-refractivity contribution < 1.29 is 63.9 Å². The first-order chi connectivity index (χ1) is 17.7. The van der Waals surface area contributed by atoms with Crippen LogP contribution in [0.25, 0.3) is 0 Å². The molecule has 2 heterocycles. The Morgan fingerprint density at radius 1 is 0.946 bits per heavy atom. The number of carbonyl (C=O) groups excluding carboxylic acids is 2. The maximum absolute atomic E-state index is 12.5. The van der Waals surface area contributed by atoms with Crippen LogP contribution in [-0.4, -0.2) is 106 Å². The maximum Gasteiger partial charge on any atom is 0.338 e. The Balaban J connectivity index is 1.56. The fourth-order valence-electron chi connectivity index (χ4n) is 4.61. The number of esters is 2. The third kappa shape index (κ3) is 5.33. The van der Waals surface area contributed by atoms with E-state index in [0.717, 1.165) is 13.4 Å². The smallest absolute Gasteiger partial charge is 0.338 e. The second kappa shape index (κ2) is 11.1. The van der Waals surface area contributed by atoms with Gasteiger partial charge in [0.15, 0.2) is 6.29 Å². The van der Waals surface area contributed by atoms with Crippen LogP contribution < -0.4 is 0 Å². The van der Waals surface area contributed by atoms with Gasteiger partial charge >= 0.3 is 11.9 Å². The van der Waals surface area contributed by atoms with Crippen molar-refractivity contribution >= 4 is 11.9 Å². The van der Waals surface area contributed by atoms with Gasteiger partial charge in [-0.1, -0.05) is 6.08 Å². The number of methoxy groups -OCH3 is 1. The van der Waals surface area contributed by atoms with Crippen LogP contribution in [-0.2, 0) is 28.5 Å². The molecule has 0 unspecified atom stereocenters. The van der Waals surface area contributed by atoms with Crippen LogP contribution in [0.4, 0.5) is 0 Å². The zero-order chi connectivity index (χ0) is 26.9. The van der Waals surface area contributed by atoms with Crippen LogP contribution in [0.5, 0.6) is 5.75 Å². The topological polar surface area (TPSA) is 202 Å². The molecule has 1 aromatic carbocycles. The fraction of sp³-hybridized carbons (Fsp3) is 0.500. The van der Waals surface area contributed by atoms with E-state index in [4.69, 9.17) is 23.7 Å². The molecule has 0 saturated carbocycles. The number of hydrogen-bond acceptors (Lipinski definition) is 13. The Hall–Kier alpha value is -3.04. The molecule has 13 nitrogen and oxygen atoms in total. The Kier molecular flexibility index (Phi) is 8.14. The molecule has 0 amide bonds. The van der Waals surface area contributed by atoms with Crippen LogP contribution in [0.1, 0.15) is 10.4 Å². The molecule has 1 fully saturated rings. The lowest BCUT2D eigenvalue weighted by atomic mass is 9.82. The molecule has 0 spiro atoms. The van der Waals surface area contributed by atoms with Gasteiger partial charge in [-0.25, -0.2) is 9.59 Å². The molecular weight excluding hydrogens is 496 g/mol. The van der Waals surface area contributed by atoms with Crippen molar-refractivity contribution in [1.82, 2.24) is 0 Å². The average molecular weight is 524 g/mol. The SMILES string of the molecule is COC(=O)C1=CO[C@@H](O[C@@H]2O[C@H](CO)[C@@H](O)[C@H](O)[C@H]2O)[C@@H]2C(COC(=O)c3ccc(O)cc3)=C[C@H](O)[C@H]12. The highest BCUT2D eigenvalue weighted by Gasteiger charge is 2.52. The van der Waals surface area contributed by atoms with Gasteiger partial charge in [-0.05, 0) is 29.8 Å². The summed E-state index contributed by atoms with van der Waals surface area (Å²) in [6.45, 7) is -1.00. The second-order valence-corrected chi connectivity index (χ2v) is 8.81. The zero-order valence-corrected chi connectivity index (χ0v) is 19.6. The molecule has 13 heteroatoms. The summed E-state index contributed by atoms with van der Waals surface area (Å²) in [6, 6.07) is 5.37.